The van der Waals surface area contributed by atoms with E-state index in [0.29, 0.717) is 0 Å². The van der Waals surface area contributed by atoms with Crippen LogP contribution in [0.15, 0.2) is 48.5 Å². The van der Waals surface area contributed by atoms with Crippen LogP contribution in [0.3, 0.4) is 0 Å². The average Bonchev–Trinajstić information content (AvgIpc) is 2.54. The number of nitrogens with one attached hydrogen (secondary N) is 1. The van der Waals surface area contributed by atoms with Crippen LogP contribution >= 0.6 is 0 Å². The minimum atomic E-state index is 0.158. The van der Waals surface area contributed by atoms with Crippen molar-refractivity contribution in [3.05, 3.63) is 59.7 Å². The highest BCUT2D eigenvalue weighted by molar-refractivity contribution is 5.42. The molecule has 3 heteroatoms. The molecule has 0 bridgehead atoms. The third-order valence-corrected chi connectivity index (χ3v) is 3.70. The van der Waals surface area contributed by atoms with E-state index in [1.807, 2.05) is 24.3 Å². The molecule has 0 aromatic heterocycles. The van der Waals surface area contributed by atoms with Crippen LogP contribution in [0.2, 0.25) is 0 Å². The Labute approximate surface area is 126 Å². The molecule has 0 fully saturated rings. The van der Waals surface area contributed by atoms with E-state index in [-0.39, 0.29) is 12.1 Å². The van der Waals surface area contributed by atoms with Gasteiger partial charge in [-0.15, -0.1) is 0 Å². The van der Waals surface area contributed by atoms with E-state index in [4.69, 9.17) is 9.47 Å². The first-order valence-electron chi connectivity index (χ1n) is 7.18. The zero-order chi connectivity index (χ0) is 15.2. The molecule has 0 aliphatic heterocycles. The van der Waals surface area contributed by atoms with Crippen molar-refractivity contribution in [3.63, 3.8) is 0 Å². The average molecular weight is 285 g/mol. The van der Waals surface area contributed by atoms with E-state index in [9.17, 15) is 0 Å². The molecule has 1 N–H and O–H groups in total. The molecule has 0 saturated heterocycles. The number of rotatable bonds is 6. The number of ether oxygens (including phenoxy) is 2. The molecule has 0 saturated carbocycles. The highest BCUT2D eigenvalue weighted by atomic mass is 16.5. The van der Waals surface area contributed by atoms with Crippen molar-refractivity contribution in [2.45, 2.75) is 25.9 Å². The van der Waals surface area contributed by atoms with E-state index in [0.717, 1.165) is 17.1 Å². The van der Waals surface area contributed by atoms with Gasteiger partial charge in [-0.25, -0.2) is 0 Å². The molecule has 2 aromatic carbocycles. The van der Waals surface area contributed by atoms with Gasteiger partial charge in [0.1, 0.15) is 11.5 Å². The van der Waals surface area contributed by atoms with E-state index >= 15 is 0 Å². The fourth-order valence-corrected chi connectivity index (χ4v) is 2.48. The predicted octanol–water partition coefficient (Wildman–Crippen LogP) is 4.12. The summed E-state index contributed by atoms with van der Waals surface area (Å²) in [4.78, 5) is 0. The summed E-state index contributed by atoms with van der Waals surface area (Å²) < 4.78 is 10.8. The molecule has 3 nitrogen and oxygen atoms in total. The molecular formula is C18H23NO2. The Kier molecular flexibility index (Phi) is 5.23. The molecule has 2 atom stereocenters. The Morgan fingerprint density at radius 2 is 1.57 bits per heavy atom. The lowest BCUT2D eigenvalue weighted by Gasteiger charge is -2.22. The van der Waals surface area contributed by atoms with Crippen LogP contribution in [0.4, 0.5) is 0 Å². The monoisotopic (exact) mass is 285 g/mol. The lowest BCUT2D eigenvalue weighted by atomic mass is 10.0. The summed E-state index contributed by atoms with van der Waals surface area (Å²) in [5.41, 5.74) is 2.37. The van der Waals surface area contributed by atoms with Gasteiger partial charge in [-0.1, -0.05) is 30.3 Å². The van der Waals surface area contributed by atoms with Gasteiger partial charge in [-0.05, 0) is 37.6 Å². The number of benzene rings is 2. The Bertz CT molecular complexity index is 569. The smallest absolute Gasteiger partial charge is 0.123 e. The molecule has 2 rings (SSSR count). The number of hydrogen-bond donors (Lipinski definition) is 1. The fraction of sp³-hybridized carbons (Fsp3) is 0.333. The Hall–Kier alpha value is -2.00. The van der Waals surface area contributed by atoms with Crippen molar-refractivity contribution >= 4 is 0 Å². The molecule has 1 unspecified atom stereocenters. The molecule has 0 amide bonds. The fourth-order valence-electron chi connectivity index (χ4n) is 2.48. The van der Waals surface area contributed by atoms with Crippen LogP contribution in [0, 0.1) is 0 Å². The summed E-state index contributed by atoms with van der Waals surface area (Å²) in [7, 11) is 3.37. The lowest BCUT2D eigenvalue weighted by Crippen LogP contribution is -2.22. The van der Waals surface area contributed by atoms with Crippen LogP contribution in [0.5, 0.6) is 11.5 Å². The maximum Gasteiger partial charge on any atom is 0.123 e. The molecule has 0 radical (unpaired) electrons. The van der Waals surface area contributed by atoms with Crippen LogP contribution in [0.25, 0.3) is 0 Å². The molecule has 0 aliphatic carbocycles. The van der Waals surface area contributed by atoms with Crippen molar-refractivity contribution in [2.75, 3.05) is 14.2 Å². The third kappa shape index (κ3) is 3.76. The molecule has 0 aliphatic rings. The Balaban J connectivity index is 2.18. The summed E-state index contributed by atoms with van der Waals surface area (Å²) in [6.07, 6.45) is 0. The molecule has 0 spiro atoms. The van der Waals surface area contributed by atoms with Gasteiger partial charge in [0, 0.05) is 17.6 Å². The molecule has 2 aromatic rings. The van der Waals surface area contributed by atoms with Crippen LogP contribution in [0.1, 0.15) is 37.1 Å². The SMILES string of the molecule is COc1ccc(OC)c(C(C)N[C@@H](C)c2ccccc2)c1. The summed E-state index contributed by atoms with van der Waals surface area (Å²) in [6, 6.07) is 16.7. The van der Waals surface area contributed by atoms with E-state index in [2.05, 4.69) is 43.4 Å². The number of methoxy groups -OCH3 is 2. The van der Waals surface area contributed by atoms with Gasteiger partial charge in [0.15, 0.2) is 0 Å². The minimum Gasteiger partial charge on any atom is -0.497 e. The van der Waals surface area contributed by atoms with Gasteiger partial charge >= 0.3 is 0 Å². The first-order chi connectivity index (χ1) is 10.2. The van der Waals surface area contributed by atoms with E-state index < -0.39 is 0 Å². The van der Waals surface area contributed by atoms with E-state index in [1.54, 1.807) is 14.2 Å². The van der Waals surface area contributed by atoms with Gasteiger partial charge < -0.3 is 14.8 Å². The lowest BCUT2D eigenvalue weighted by molar-refractivity contribution is 0.387. The summed E-state index contributed by atoms with van der Waals surface area (Å²) in [5, 5.41) is 3.60. The number of hydrogen-bond acceptors (Lipinski definition) is 3. The Morgan fingerprint density at radius 3 is 2.19 bits per heavy atom. The van der Waals surface area contributed by atoms with Gasteiger partial charge in [0.25, 0.3) is 0 Å². The second-order valence-electron chi connectivity index (χ2n) is 5.13. The molecule has 21 heavy (non-hydrogen) atoms. The van der Waals surface area contributed by atoms with Crippen molar-refractivity contribution in [2.24, 2.45) is 0 Å². The zero-order valence-electron chi connectivity index (χ0n) is 13.1. The van der Waals surface area contributed by atoms with Crippen molar-refractivity contribution in [1.29, 1.82) is 0 Å². The largest absolute Gasteiger partial charge is 0.497 e. The maximum atomic E-state index is 5.46. The first kappa shape index (κ1) is 15.4. The van der Waals surface area contributed by atoms with Crippen LogP contribution < -0.4 is 14.8 Å². The van der Waals surface area contributed by atoms with Crippen molar-refractivity contribution in [1.82, 2.24) is 5.32 Å². The quantitative estimate of drug-likeness (QED) is 0.866. The van der Waals surface area contributed by atoms with Crippen LogP contribution in [-0.2, 0) is 0 Å². The standard InChI is InChI=1S/C18H23NO2/c1-13(15-8-6-5-7-9-15)19-14(2)17-12-16(20-3)10-11-18(17)21-4/h5-14,19H,1-4H3/t13-,14?/m0/s1. The van der Waals surface area contributed by atoms with Crippen LogP contribution in [-0.4, -0.2) is 14.2 Å². The first-order valence-corrected chi connectivity index (χ1v) is 7.18. The third-order valence-electron chi connectivity index (χ3n) is 3.70. The highest BCUT2D eigenvalue weighted by Crippen LogP contribution is 2.30. The normalized spacial score (nSPS) is 13.5. The molecule has 0 heterocycles. The van der Waals surface area contributed by atoms with Crippen molar-refractivity contribution in [3.8, 4) is 11.5 Å². The summed E-state index contributed by atoms with van der Waals surface area (Å²) in [6.45, 7) is 4.30. The minimum absolute atomic E-state index is 0.158. The van der Waals surface area contributed by atoms with Gasteiger partial charge in [-0.3, -0.25) is 0 Å². The van der Waals surface area contributed by atoms with Gasteiger partial charge in [0.2, 0.25) is 0 Å². The van der Waals surface area contributed by atoms with Gasteiger partial charge in [0.05, 0.1) is 14.2 Å². The zero-order valence-corrected chi connectivity index (χ0v) is 13.1. The van der Waals surface area contributed by atoms with Crippen molar-refractivity contribution < 1.29 is 9.47 Å². The molecular weight excluding hydrogens is 262 g/mol. The maximum absolute atomic E-state index is 5.46. The Morgan fingerprint density at radius 1 is 0.857 bits per heavy atom. The molecule has 112 valence electrons. The topological polar surface area (TPSA) is 30.5 Å². The second kappa shape index (κ2) is 7.14. The van der Waals surface area contributed by atoms with Gasteiger partial charge in [-0.2, -0.15) is 0 Å². The predicted molar refractivity (Wildman–Crippen MR) is 86.0 cm³/mol. The summed E-state index contributed by atoms with van der Waals surface area (Å²) in [5.74, 6) is 1.71. The summed E-state index contributed by atoms with van der Waals surface area (Å²) >= 11 is 0. The van der Waals surface area contributed by atoms with E-state index in [1.165, 1.54) is 5.56 Å². The second-order valence-corrected chi connectivity index (χ2v) is 5.13. The highest BCUT2D eigenvalue weighted by Gasteiger charge is 2.15.